The van der Waals surface area contributed by atoms with Gasteiger partial charge in [0.1, 0.15) is 0 Å². The predicted octanol–water partition coefficient (Wildman–Crippen LogP) is 4.72. The van der Waals surface area contributed by atoms with Crippen LogP contribution in [0.5, 0.6) is 0 Å². The quantitative estimate of drug-likeness (QED) is 0.368. The van der Waals surface area contributed by atoms with E-state index in [0.717, 1.165) is 51.4 Å². The summed E-state index contributed by atoms with van der Waals surface area (Å²) in [6.07, 6.45) is 9.18. The fourth-order valence-electron chi connectivity index (χ4n) is 2.89. The molecule has 0 aliphatic carbocycles. The molecule has 148 valence electrons. The maximum absolute atomic E-state index is 11.0. The third-order valence-corrected chi connectivity index (χ3v) is 5.24. The third-order valence-electron chi connectivity index (χ3n) is 5.24. The summed E-state index contributed by atoms with van der Waals surface area (Å²) in [4.78, 5) is 22.1. The van der Waals surface area contributed by atoms with Crippen molar-refractivity contribution in [2.24, 2.45) is 16.7 Å². The topological polar surface area (TPSA) is 94.8 Å². The Kier molecular flexibility index (Phi) is 11.0. The van der Waals surface area contributed by atoms with E-state index in [2.05, 4.69) is 0 Å². The number of carboxylic acids is 2. The molecule has 5 nitrogen and oxygen atoms in total. The van der Waals surface area contributed by atoms with E-state index in [9.17, 15) is 14.7 Å². The Morgan fingerprint density at radius 1 is 0.720 bits per heavy atom. The number of aliphatic carboxylic acids is 2. The highest BCUT2D eigenvalue weighted by molar-refractivity contribution is 5.73. The molecule has 0 aliphatic rings. The second kappa shape index (κ2) is 11.5. The highest BCUT2D eigenvalue weighted by Crippen LogP contribution is 2.26. The SMILES string of the molecule is CC(C)(CCCCCC(CO)CCCCCC(C)(C)C(=O)O)C(=O)O. The fraction of sp³-hybridized carbons (Fsp3) is 0.900. The molecular weight excluding hydrogens is 320 g/mol. The van der Waals surface area contributed by atoms with Gasteiger partial charge in [-0.05, 0) is 59.3 Å². The van der Waals surface area contributed by atoms with Crippen LogP contribution in [0.15, 0.2) is 0 Å². The Morgan fingerprint density at radius 2 is 1.08 bits per heavy atom. The Bertz CT molecular complexity index is 365. The number of carbonyl (C=O) groups is 2. The molecule has 0 rings (SSSR count). The van der Waals surface area contributed by atoms with Crippen LogP contribution in [0.25, 0.3) is 0 Å². The van der Waals surface area contributed by atoms with Crippen molar-refractivity contribution in [1.29, 1.82) is 0 Å². The van der Waals surface area contributed by atoms with Crippen molar-refractivity contribution < 1.29 is 24.9 Å². The van der Waals surface area contributed by atoms with Gasteiger partial charge in [-0.2, -0.15) is 0 Å². The van der Waals surface area contributed by atoms with Gasteiger partial charge in [0, 0.05) is 6.61 Å². The van der Waals surface area contributed by atoms with Gasteiger partial charge in [0.05, 0.1) is 10.8 Å². The molecule has 5 heteroatoms. The average molecular weight is 359 g/mol. The van der Waals surface area contributed by atoms with Crippen molar-refractivity contribution in [2.45, 2.75) is 91.9 Å². The first-order chi connectivity index (χ1) is 11.5. The zero-order chi connectivity index (χ0) is 19.5. The van der Waals surface area contributed by atoms with E-state index in [4.69, 9.17) is 10.2 Å². The molecule has 3 N–H and O–H groups in total. The molecule has 0 aliphatic heterocycles. The fourth-order valence-corrected chi connectivity index (χ4v) is 2.89. The minimum atomic E-state index is -0.744. The molecule has 0 saturated heterocycles. The highest BCUT2D eigenvalue weighted by Gasteiger charge is 2.26. The minimum Gasteiger partial charge on any atom is -0.481 e. The molecule has 0 spiro atoms. The van der Waals surface area contributed by atoms with E-state index in [1.54, 1.807) is 27.7 Å². The van der Waals surface area contributed by atoms with Crippen LogP contribution in [0.2, 0.25) is 0 Å². The molecule has 0 atom stereocenters. The van der Waals surface area contributed by atoms with Gasteiger partial charge >= 0.3 is 11.9 Å². The van der Waals surface area contributed by atoms with Gasteiger partial charge in [0.25, 0.3) is 0 Å². The van der Waals surface area contributed by atoms with Crippen molar-refractivity contribution in [2.75, 3.05) is 6.61 Å². The van der Waals surface area contributed by atoms with E-state index in [-0.39, 0.29) is 6.61 Å². The normalized spacial score (nSPS) is 12.6. The van der Waals surface area contributed by atoms with Crippen LogP contribution in [0.4, 0.5) is 0 Å². The molecular formula is C20H38O5. The molecule has 25 heavy (non-hydrogen) atoms. The molecule has 0 heterocycles. The number of rotatable bonds is 15. The Balaban J connectivity index is 3.80. The molecule has 0 bridgehead atoms. The molecule has 0 radical (unpaired) electrons. The van der Waals surface area contributed by atoms with Gasteiger partial charge in [-0.25, -0.2) is 0 Å². The molecule has 0 amide bonds. The first-order valence-electron chi connectivity index (χ1n) is 9.60. The number of aliphatic hydroxyl groups is 1. The van der Waals surface area contributed by atoms with Crippen LogP contribution in [0, 0.1) is 16.7 Å². The molecule has 0 aromatic carbocycles. The standard InChI is InChI=1S/C20H38O5/c1-19(2,17(22)23)13-9-5-7-11-16(15-21)12-8-6-10-14-20(3,4)18(24)25/h16,21H,5-15H2,1-4H3,(H,22,23)(H,24,25). The summed E-state index contributed by atoms with van der Waals surface area (Å²) in [6, 6.07) is 0. The monoisotopic (exact) mass is 358 g/mol. The number of unbranched alkanes of at least 4 members (excludes halogenated alkanes) is 4. The summed E-state index contributed by atoms with van der Waals surface area (Å²) in [6.45, 7) is 7.24. The van der Waals surface area contributed by atoms with Gasteiger partial charge in [-0.3, -0.25) is 9.59 Å². The Labute approximate surface area is 152 Å². The second-order valence-electron chi connectivity index (χ2n) is 8.63. The lowest BCUT2D eigenvalue weighted by Gasteiger charge is -2.19. The summed E-state index contributed by atoms with van der Waals surface area (Å²) >= 11 is 0. The molecule has 0 unspecified atom stereocenters. The van der Waals surface area contributed by atoms with Gasteiger partial charge in [0.2, 0.25) is 0 Å². The van der Waals surface area contributed by atoms with Crippen LogP contribution >= 0.6 is 0 Å². The smallest absolute Gasteiger partial charge is 0.309 e. The minimum absolute atomic E-state index is 0.196. The maximum Gasteiger partial charge on any atom is 0.309 e. The van der Waals surface area contributed by atoms with Crippen LogP contribution in [0.3, 0.4) is 0 Å². The lowest BCUT2D eigenvalue weighted by atomic mass is 9.86. The molecule has 0 saturated carbocycles. The summed E-state index contributed by atoms with van der Waals surface area (Å²) in [5.74, 6) is -1.18. The van der Waals surface area contributed by atoms with Gasteiger partial charge in [0.15, 0.2) is 0 Å². The van der Waals surface area contributed by atoms with Gasteiger partial charge < -0.3 is 15.3 Å². The highest BCUT2D eigenvalue weighted by atomic mass is 16.4. The second-order valence-corrected chi connectivity index (χ2v) is 8.63. The lowest BCUT2D eigenvalue weighted by Crippen LogP contribution is -2.23. The van der Waals surface area contributed by atoms with E-state index in [1.807, 2.05) is 0 Å². The summed E-state index contributed by atoms with van der Waals surface area (Å²) < 4.78 is 0. The van der Waals surface area contributed by atoms with Crippen molar-refractivity contribution in [1.82, 2.24) is 0 Å². The van der Waals surface area contributed by atoms with Crippen molar-refractivity contribution in [3.05, 3.63) is 0 Å². The number of carboxylic acid groups (broad SMARTS) is 2. The number of aliphatic hydroxyl groups excluding tert-OH is 1. The van der Waals surface area contributed by atoms with E-state index in [0.29, 0.717) is 18.8 Å². The van der Waals surface area contributed by atoms with Gasteiger partial charge in [-0.15, -0.1) is 0 Å². The molecule has 0 fully saturated rings. The zero-order valence-corrected chi connectivity index (χ0v) is 16.5. The molecule has 0 aromatic heterocycles. The Morgan fingerprint density at radius 3 is 1.36 bits per heavy atom. The predicted molar refractivity (Wildman–Crippen MR) is 99.6 cm³/mol. The number of hydrogen-bond acceptors (Lipinski definition) is 3. The summed E-state index contributed by atoms with van der Waals surface area (Å²) in [7, 11) is 0. The van der Waals surface area contributed by atoms with Crippen LogP contribution < -0.4 is 0 Å². The first-order valence-corrected chi connectivity index (χ1v) is 9.60. The van der Waals surface area contributed by atoms with E-state index >= 15 is 0 Å². The van der Waals surface area contributed by atoms with Gasteiger partial charge in [-0.1, -0.05) is 38.5 Å². The third kappa shape index (κ3) is 10.5. The largest absolute Gasteiger partial charge is 0.481 e. The zero-order valence-electron chi connectivity index (χ0n) is 16.5. The van der Waals surface area contributed by atoms with E-state index in [1.165, 1.54) is 0 Å². The van der Waals surface area contributed by atoms with Crippen molar-refractivity contribution in [3.63, 3.8) is 0 Å². The van der Waals surface area contributed by atoms with Crippen molar-refractivity contribution >= 4 is 11.9 Å². The van der Waals surface area contributed by atoms with Crippen molar-refractivity contribution in [3.8, 4) is 0 Å². The van der Waals surface area contributed by atoms with Crippen LogP contribution in [-0.4, -0.2) is 33.9 Å². The first kappa shape index (κ1) is 23.9. The molecule has 0 aromatic rings. The Hall–Kier alpha value is -1.10. The van der Waals surface area contributed by atoms with Crippen LogP contribution in [0.1, 0.15) is 91.9 Å². The summed E-state index contributed by atoms with van der Waals surface area (Å²) in [5.41, 5.74) is -1.31. The summed E-state index contributed by atoms with van der Waals surface area (Å²) in [5, 5.41) is 27.6. The average Bonchev–Trinajstić information content (AvgIpc) is 2.51. The van der Waals surface area contributed by atoms with Crippen LogP contribution in [-0.2, 0) is 9.59 Å². The number of hydrogen-bond donors (Lipinski definition) is 3. The van der Waals surface area contributed by atoms with E-state index < -0.39 is 22.8 Å². The maximum atomic E-state index is 11.0. The lowest BCUT2D eigenvalue weighted by molar-refractivity contribution is -0.148.